The summed E-state index contributed by atoms with van der Waals surface area (Å²) in [6, 6.07) is 0. The molecule has 0 heterocycles. The summed E-state index contributed by atoms with van der Waals surface area (Å²) in [6.45, 7) is 5.93. The van der Waals surface area contributed by atoms with Crippen molar-refractivity contribution in [2.75, 3.05) is 7.11 Å². The van der Waals surface area contributed by atoms with E-state index in [9.17, 15) is 4.79 Å². The molecule has 0 aliphatic carbocycles. The van der Waals surface area contributed by atoms with E-state index in [2.05, 4.69) is 24.3 Å². The Morgan fingerprint density at radius 1 is 1.00 bits per heavy atom. The number of unbranched alkanes of at least 4 members (excludes halogenated alkanes) is 8. The first-order valence-corrected chi connectivity index (χ1v) is 7.63. The summed E-state index contributed by atoms with van der Waals surface area (Å²) in [6.07, 6.45) is 16.6. The van der Waals surface area contributed by atoms with Crippen LogP contribution in [0.15, 0.2) is 24.3 Å². The van der Waals surface area contributed by atoms with E-state index in [1.54, 1.807) is 0 Å². The van der Waals surface area contributed by atoms with Crippen molar-refractivity contribution in [1.82, 2.24) is 0 Å². The number of rotatable bonds is 12. The first kappa shape index (κ1) is 17.9. The van der Waals surface area contributed by atoms with E-state index >= 15 is 0 Å². The highest BCUT2D eigenvalue weighted by Gasteiger charge is 2.02. The molecule has 0 aliphatic rings. The highest BCUT2D eigenvalue weighted by molar-refractivity contribution is 5.87. The first-order chi connectivity index (χ1) is 9.22. The van der Waals surface area contributed by atoms with Crippen LogP contribution >= 0.6 is 0 Å². The number of hydrogen-bond acceptors (Lipinski definition) is 2. The van der Waals surface area contributed by atoms with Crippen molar-refractivity contribution >= 4 is 5.97 Å². The molecule has 0 unspecified atom stereocenters. The molecule has 0 spiro atoms. The third-order valence-electron chi connectivity index (χ3n) is 3.23. The monoisotopic (exact) mass is 266 g/mol. The summed E-state index contributed by atoms with van der Waals surface area (Å²) in [4.78, 5) is 11.1. The molecule has 0 fully saturated rings. The van der Waals surface area contributed by atoms with Gasteiger partial charge in [0.15, 0.2) is 0 Å². The van der Waals surface area contributed by atoms with Gasteiger partial charge in [-0.2, -0.15) is 0 Å². The van der Waals surface area contributed by atoms with Crippen LogP contribution in [-0.4, -0.2) is 13.1 Å². The van der Waals surface area contributed by atoms with Gasteiger partial charge in [0, 0.05) is 5.57 Å². The summed E-state index contributed by atoms with van der Waals surface area (Å²) in [5, 5.41) is 0. The Hall–Kier alpha value is -1.05. The standard InChI is InChI=1S/C17H30O2/c1-4-5-6-7-8-9-10-11-12-13-14-15-16(2)17(18)19-3/h13-14H,2,4-12,15H2,1,3H3/b14-13-. The first-order valence-electron chi connectivity index (χ1n) is 7.63. The van der Waals surface area contributed by atoms with Crippen molar-refractivity contribution in [2.45, 2.75) is 71.1 Å². The van der Waals surface area contributed by atoms with Gasteiger partial charge in [0.05, 0.1) is 7.11 Å². The molecule has 0 amide bonds. The number of esters is 1. The Bertz CT molecular complexity index is 266. The topological polar surface area (TPSA) is 26.3 Å². The molecule has 2 nitrogen and oxygen atoms in total. The Morgan fingerprint density at radius 3 is 2.16 bits per heavy atom. The van der Waals surface area contributed by atoms with Gasteiger partial charge in [-0.05, 0) is 19.3 Å². The van der Waals surface area contributed by atoms with Crippen LogP contribution < -0.4 is 0 Å². The molecule has 0 saturated carbocycles. The van der Waals surface area contributed by atoms with Crippen molar-refractivity contribution in [3.8, 4) is 0 Å². The van der Waals surface area contributed by atoms with Gasteiger partial charge in [0.25, 0.3) is 0 Å². The number of allylic oxidation sites excluding steroid dienone is 2. The Labute approximate surface area is 118 Å². The van der Waals surface area contributed by atoms with Crippen molar-refractivity contribution < 1.29 is 9.53 Å². The molecule has 0 N–H and O–H groups in total. The predicted molar refractivity (Wildman–Crippen MR) is 82.1 cm³/mol. The molecular weight excluding hydrogens is 236 g/mol. The van der Waals surface area contributed by atoms with Crippen LogP contribution in [0.1, 0.15) is 71.1 Å². The van der Waals surface area contributed by atoms with Gasteiger partial charge in [0.1, 0.15) is 0 Å². The van der Waals surface area contributed by atoms with Gasteiger partial charge in [-0.3, -0.25) is 0 Å². The van der Waals surface area contributed by atoms with Crippen molar-refractivity contribution in [2.24, 2.45) is 0 Å². The van der Waals surface area contributed by atoms with Crippen molar-refractivity contribution in [3.63, 3.8) is 0 Å². The van der Waals surface area contributed by atoms with Crippen LogP contribution in [0.5, 0.6) is 0 Å². The summed E-state index contributed by atoms with van der Waals surface area (Å²) in [7, 11) is 1.39. The Balaban J connectivity index is 3.30. The zero-order valence-electron chi connectivity index (χ0n) is 12.7. The third-order valence-corrected chi connectivity index (χ3v) is 3.23. The van der Waals surface area contributed by atoms with Gasteiger partial charge in [-0.1, -0.05) is 70.6 Å². The highest BCUT2D eigenvalue weighted by atomic mass is 16.5. The minimum absolute atomic E-state index is 0.309. The fourth-order valence-electron chi connectivity index (χ4n) is 1.97. The zero-order valence-corrected chi connectivity index (χ0v) is 12.7. The SMILES string of the molecule is C=C(C/C=C\CCCCCCCCCC)C(=O)OC. The molecule has 0 aromatic heterocycles. The molecule has 2 heteroatoms. The number of ether oxygens (including phenoxy) is 1. The lowest BCUT2D eigenvalue weighted by molar-refractivity contribution is -0.136. The quantitative estimate of drug-likeness (QED) is 0.210. The van der Waals surface area contributed by atoms with Gasteiger partial charge in [-0.25, -0.2) is 4.79 Å². The minimum Gasteiger partial charge on any atom is -0.466 e. The van der Waals surface area contributed by atoms with Crippen LogP contribution in [0, 0.1) is 0 Å². The van der Waals surface area contributed by atoms with E-state index in [0.29, 0.717) is 12.0 Å². The van der Waals surface area contributed by atoms with Crippen LogP contribution in [0.4, 0.5) is 0 Å². The fourth-order valence-corrected chi connectivity index (χ4v) is 1.97. The molecule has 0 bridgehead atoms. The van der Waals surface area contributed by atoms with E-state index in [1.807, 2.05) is 6.08 Å². The molecule has 0 aliphatic heterocycles. The number of hydrogen-bond donors (Lipinski definition) is 0. The number of methoxy groups -OCH3 is 1. The van der Waals surface area contributed by atoms with E-state index in [0.717, 1.165) is 6.42 Å². The molecule has 19 heavy (non-hydrogen) atoms. The largest absolute Gasteiger partial charge is 0.466 e. The number of carbonyl (C=O) groups is 1. The lowest BCUT2D eigenvalue weighted by atomic mass is 10.1. The van der Waals surface area contributed by atoms with Gasteiger partial charge < -0.3 is 4.74 Å². The lowest BCUT2D eigenvalue weighted by Crippen LogP contribution is -2.02. The molecule has 110 valence electrons. The maximum atomic E-state index is 11.1. The number of carbonyl (C=O) groups excluding carboxylic acids is 1. The molecule has 0 aromatic carbocycles. The minimum atomic E-state index is -0.309. The predicted octanol–water partition coefficient (Wildman–Crippen LogP) is 5.19. The Morgan fingerprint density at radius 2 is 1.58 bits per heavy atom. The lowest BCUT2D eigenvalue weighted by Gasteiger charge is -2.00. The second-order valence-electron chi connectivity index (χ2n) is 5.03. The fraction of sp³-hybridized carbons (Fsp3) is 0.706. The highest BCUT2D eigenvalue weighted by Crippen LogP contribution is 2.10. The van der Waals surface area contributed by atoms with Crippen LogP contribution in [0.25, 0.3) is 0 Å². The average Bonchev–Trinajstić information content (AvgIpc) is 2.43. The second kappa shape index (κ2) is 13.4. The summed E-state index contributed by atoms with van der Waals surface area (Å²) in [5.74, 6) is -0.309. The molecule has 0 aromatic rings. The van der Waals surface area contributed by atoms with Crippen LogP contribution in [0.3, 0.4) is 0 Å². The maximum absolute atomic E-state index is 11.1. The van der Waals surface area contributed by atoms with Crippen molar-refractivity contribution in [1.29, 1.82) is 0 Å². The maximum Gasteiger partial charge on any atom is 0.333 e. The van der Waals surface area contributed by atoms with Crippen LogP contribution in [0.2, 0.25) is 0 Å². The van der Waals surface area contributed by atoms with E-state index in [-0.39, 0.29) is 5.97 Å². The van der Waals surface area contributed by atoms with E-state index < -0.39 is 0 Å². The third kappa shape index (κ3) is 11.8. The Kier molecular flexibility index (Phi) is 12.6. The average molecular weight is 266 g/mol. The normalized spacial score (nSPS) is 10.8. The van der Waals surface area contributed by atoms with Crippen LogP contribution in [-0.2, 0) is 9.53 Å². The smallest absolute Gasteiger partial charge is 0.333 e. The van der Waals surface area contributed by atoms with Crippen molar-refractivity contribution in [3.05, 3.63) is 24.3 Å². The molecule has 0 rings (SSSR count). The second-order valence-corrected chi connectivity index (χ2v) is 5.03. The van der Waals surface area contributed by atoms with Gasteiger partial charge in [-0.15, -0.1) is 0 Å². The van der Waals surface area contributed by atoms with E-state index in [4.69, 9.17) is 0 Å². The summed E-state index contributed by atoms with van der Waals surface area (Å²) >= 11 is 0. The van der Waals surface area contributed by atoms with Gasteiger partial charge >= 0.3 is 5.97 Å². The summed E-state index contributed by atoms with van der Waals surface area (Å²) < 4.78 is 4.59. The molecule has 0 radical (unpaired) electrons. The zero-order chi connectivity index (χ0) is 14.3. The molecule has 0 atom stereocenters. The molecular formula is C17H30O2. The molecule has 0 saturated heterocycles. The van der Waals surface area contributed by atoms with E-state index in [1.165, 1.54) is 58.5 Å². The summed E-state index contributed by atoms with van der Waals surface area (Å²) in [5.41, 5.74) is 0.523. The van der Waals surface area contributed by atoms with Gasteiger partial charge in [0.2, 0.25) is 0 Å².